The van der Waals surface area contributed by atoms with E-state index in [1.165, 1.54) is 0 Å². The van der Waals surface area contributed by atoms with Crippen LogP contribution in [0.1, 0.15) is 19.5 Å². The number of nitrogens with zero attached hydrogens (tertiary/aromatic N) is 1. The number of pyridine rings is 1. The predicted molar refractivity (Wildman–Crippen MR) is 67.8 cm³/mol. The van der Waals surface area contributed by atoms with Crippen molar-refractivity contribution < 1.29 is 13.2 Å². The van der Waals surface area contributed by atoms with Crippen LogP contribution in [-0.4, -0.2) is 31.0 Å². The maximum Gasteiger partial charge on any atom is 0.166 e. The minimum absolute atomic E-state index is 0.0159. The van der Waals surface area contributed by atoms with Crippen molar-refractivity contribution in [1.82, 2.24) is 4.98 Å². The lowest BCUT2D eigenvalue weighted by atomic mass is 10.3. The van der Waals surface area contributed by atoms with Gasteiger partial charge in [-0.1, -0.05) is 0 Å². The molecule has 0 aliphatic rings. The van der Waals surface area contributed by atoms with Gasteiger partial charge in [-0.2, -0.15) is 0 Å². The summed E-state index contributed by atoms with van der Waals surface area (Å²) in [6.45, 7) is 5.22. The molecule has 0 saturated carbocycles. The van der Waals surface area contributed by atoms with Crippen LogP contribution in [-0.2, 0) is 9.84 Å². The van der Waals surface area contributed by atoms with Gasteiger partial charge in [0.05, 0.1) is 11.0 Å². The van der Waals surface area contributed by atoms with E-state index in [1.807, 2.05) is 6.92 Å². The van der Waals surface area contributed by atoms with E-state index in [0.717, 1.165) is 5.69 Å². The summed E-state index contributed by atoms with van der Waals surface area (Å²) in [4.78, 5) is 4.03. The number of aromatic nitrogens is 1. The first-order valence-electron chi connectivity index (χ1n) is 5.40. The van der Waals surface area contributed by atoms with Crippen molar-refractivity contribution >= 4 is 15.7 Å². The van der Waals surface area contributed by atoms with E-state index < -0.39 is 9.84 Å². The molecule has 0 atom stereocenters. The minimum Gasteiger partial charge on any atom is -0.489 e. The van der Waals surface area contributed by atoms with Gasteiger partial charge in [0.15, 0.2) is 21.4 Å². The molecule has 96 valence electrons. The second kappa shape index (κ2) is 5.35. The topological polar surface area (TPSA) is 82.3 Å². The van der Waals surface area contributed by atoms with Crippen molar-refractivity contribution in [3.63, 3.8) is 0 Å². The van der Waals surface area contributed by atoms with Gasteiger partial charge in [-0.15, -0.1) is 0 Å². The molecule has 0 saturated heterocycles. The molecule has 17 heavy (non-hydrogen) atoms. The van der Waals surface area contributed by atoms with Crippen LogP contribution in [0.25, 0.3) is 0 Å². The first-order chi connectivity index (χ1) is 7.83. The number of anilines is 1. The quantitative estimate of drug-likeness (QED) is 0.857. The Balaban J connectivity index is 2.58. The second-order valence-corrected chi connectivity index (χ2v) is 6.78. The van der Waals surface area contributed by atoms with Crippen LogP contribution in [0.15, 0.2) is 12.1 Å². The third-order valence-corrected chi connectivity index (χ3v) is 4.54. The smallest absolute Gasteiger partial charge is 0.166 e. The zero-order valence-corrected chi connectivity index (χ0v) is 11.1. The fourth-order valence-electron chi connectivity index (χ4n) is 1.19. The molecule has 0 spiro atoms. The number of ether oxygens (including phenoxy) is 1. The molecular formula is C11H18N2O3S. The van der Waals surface area contributed by atoms with E-state index in [4.69, 9.17) is 10.5 Å². The lowest BCUT2D eigenvalue weighted by Gasteiger charge is -2.10. The Morgan fingerprint density at radius 1 is 1.41 bits per heavy atom. The zero-order chi connectivity index (χ0) is 13.1. The fourth-order valence-corrected chi connectivity index (χ4v) is 1.98. The molecule has 6 heteroatoms. The normalized spacial score (nSPS) is 11.8. The van der Waals surface area contributed by atoms with Crippen molar-refractivity contribution in [2.45, 2.75) is 26.0 Å². The lowest BCUT2D eigenvalue weighted by Crippen LogP contribution is -2.22. The number of nitrogen functional groups attached to an aromatic ring is 1. The van der Waals surface area contributed by atoms with Crippen molar-refractivity contribution in [2.75, 3.05) is 18.1 Å². The number of aryl methyl sites for hydroxylation is 1. The van der Waals surface area contributed by atoms with E-state index >= 15 is 0 Å². The Hall–Kier alpha value is -1.30. The van der Waals surface area contributed by atoms with E-state index in [1.54, 1.807) is 26.0 Å². The lowest BCUT2D eigenvalue weighted by molar-refractivity contribution is 0.341. The number of rotatable bonds is 5. The monoisotopic (exact) mass is 258 g/mol. The van der Waals surface area contributed by atoms with Gasteiger partial charge in [-0.3, -0.25) is 0 Å². The molecule has 1 heterocycles. The summed E-state index contributed by atoms with van der Waals surface area (Å²) in [6, 6.07) is 3.46. The third-order valence-electron chi connectivity index (χ3n) is 2.37. The largest absolute Gasteiger partial charge is 0.489 e. The molecule has 1 aromatic rings. The maximum absolute atomic E-state index is 11.5. The molecule has 0 aliphatic carbocycles. The summed E-state index contributed by atoms with van der Waals surface area (Å²) in [5.41, 5.74) is 6.44. The first kappa shape index (κ1) is 13.8. The van der Waals surface area contributed by atoms with Crippen molar-refractivity contribution in [3.05, 3.63) is 17.8 Å². The predicted octanol–water partition coefficient (Wildman–Crippen LogP) is 1.17. The summed E-state index contributed by atoms with van der Waals surface area (Å²) in [5.74, 6) is 0.694. The van der Waals surface area contributed by atoms with Gasteiger partial charge in [-0.25, -0.2) is 13.4 Å². The van der Waals surface area contributed by atoms with Gasteiger partial charge in [0.1, 0.15) is 6.61 Å². The van der Waals surface area contributed by atoms with Crippen molar-refractivity contribution in [2.24, 2.45) is 0 Å². The molecule has 1 aromatic heterocycles. The maximum atomic E-state index is 11.5. The summed E-state index contributed by atoms with van der Waals surface area (Å²) >= 11 is 0. The average molecular weight is 258 g/mol. The number of hydrogen-bond donors (Lipinski definition) is 1. The van der Waals surface area contributed by atoms with Gasteiger partial charge in [-0.05, 0) is 32.9 Å². The Bertz CT molecular complexity index is 483. The number of sulfone groups is 1. The third kappa shape index (κ3) is 3.89. The summed E-state index contributed by atoms with van der Waals surface area (Å²) in [7, 11) is -3.08. The highest BCUT2D eigenvalue weighted by molar-refractivity contribution is 7.91. The van der Waals surface area contributed by atoms with Crippen LogP contribution in [0.2, 0.25) is 0 Å². The van der Waals surface area contributed by atoms with Crippen molar-refractivity contribution in [1.29, 1.82) is 0 Å². The second-order valence-electron chi connectivity index (χ2n) is 4.10. The van der Waals surface area contributed by atoms with Crippen LogP contribution in [0.5, 0.6) is 5.75 Å². The van der Waals surface area contributed by atoms with E-state index in [9.17, 15) is 8.42 Å². The van der Waals surface area contributed by atoms with Gasteiger partial charge < -0.3 is 10.5 Å². The standard InChI is InChI=1S/C11H18N2O3S/c1-8(2)17(14,15)7-6-16-10-5-4-9(3)13-11(10)12/h4-5,8H,6-7H2,1-3H3,(H2,12,13). The van der Waals surface area contributed by atoms with Crippen LogP contribution < -0.4 is 10.5 Å². The zero-order valence-electron chi connectivity index (χ0n) is 10.3. The van der Waals surface area contributed by atoms with Gasteiger partial charge in [0.2, 0.25) is 0 Å². The molecular weight excluding hydrogens is 240 g/mol. The van der Waals surface area contributed by atoms with E-state index in [0.29, 0.717) is 5.75 Å². The molecule has 2 N–H and O–H groups in total. The molecule has 0 aliphatic heterocycles. The minimum atomic E-state index is -3.08. The Morgan fingerprint density at radius 3 is 2.59 bits per heavy atom. The van der Waals surface area contributed by atoms with Gasteiger partial charge in [0, 0.05) is 5.69 Å². The van der Waals surface area contributed by atoms with Crippen LogP contribution >= 0.6 is 0 Å². The molecule has 0 bridgehead atoms. The summed E-state index contributed by atoms with van der Waals surface area (Å²) in [6.07, 6.45) is 0. The molecule has 5 nitrogen and oxygen atoms in total. The molecule has 0 amide bonds. The van der Waals surface area contributed by atoms with Crippen LogP contribution in [0.4, 0.5) is 5.82 Å². The highest BCUT2D eigenvalue weighted by Crippen LogP contribution is 2.18. The van der Waals surface area contributed by atoms with E-state index in [-0.39, 0.29) is 23.4 Å². The fraction of sp³-hybridized carbons (Fsp3) is 0.545. The average Bonchev–Trinajstić information content (AvgIpc) is 2.21. The Kier molecular flexibility index (Phi) is 4.34. The molecule has 0 unspecified atom stereocenters. The Labute approximate surface area is 102 Å². The number of nitrogens with two attached hydrogens (primary N) is 1. The number of hydrogen-bond acceptors (Lipinski definition) is 5. The highest BCUT2D eigenvalue weighted by atomic mass is 32.2. The Morgan fingerprint density at radius 2 is 2.06 bits per heavy atom. The van der Waals surface area contributed by atoms with Crippen molar-refractivity contribution in [3.8, 4) is 5.75 Å². The van der Waals surface area contributed by atoms with E-state index in [2.05, 4.69) is 4.98 Å². The molecule has 1 rings (SSSR count). The summed E-state index contributed by atoms with van der Waals surface area (Å²) in [5, 5.41) is -0.389. The van der Waals surface area contributed by atoms with Gasteiger partial charge in [0.25, 0.3) is 0 Å². The summed E-state index contributed by atoms with van der Waals surface area (Å²) < 4.78 is 28.4. The molecule has 0 fully saturated rings. The molecule has 0 aromatic carbocycles. The molecule has 0 radical (unpaired) electrons. The van der Waals surface area contributed by atoms with Gasteiger partial charge >= 0.3 is 0 Å². The van der Waals surface area contributed by atoms with Crippen LogP contribution in [0, 0.1) is 6.92 Å². The van der Waals surface area contributed by atoms with Crippen LogP contribution in [0.3, 0.4) is 0 Å². The SMILES string of the molecule is Cc1ccc(OCCS(=O)(=O)C(C)C)c(N)n1. The first-order valence-corrected chi connectivity index (χ1v) is 7.12. The highest BCUT2D eigenvalue weighted by Gasteiger charge is 2.16.